The van der Waals surface area contributed by atoms with Crippen molar-refractivity contribution in [3.05, 3.63) is 188 Å². The molecular formula is C51H31N3S. The van der Waals surface area contributed by atoms with Crippen molar-refractivity contribution < 1.29 is 0 Å². The number of fused-ring (bicyclic) bond motifs is 10. The maximum Gasteiger partial charge on any atom is 0.101 e. The molecule has 3 nitrogen and oxygen atoms in total. The van der Waals surface area contributed by atoms with Gasteiger partial charge in [-0.3, -0.25) is 0 Å². The molecule has 0 amide bonds. The van der Waals surface area contributed by atoms with E-state index in [1.54, 1.807) is 0 Å². The van der Waals surface area contributed by atoms with Crippen LogP contribution in [0.4, 0.5) is 0 Å². The lowest BCUT2D eigenvalue weighted by Crippen LogP contribution is -1.94. The lowest BCUT2D eigenvalue weighted by molar-refractivity contribution is 1.18. The fourth-order valence-corrected chi connectivity index (χ4v) is 9.79. The Morgan fingerprint density at radius 1 is 0.364 bits per heavy atom. The van der Waals surface area contributed by atoms with E-state index in [1.807, 2.05) is 11.3 Å². The van der Waals surface area contributed by atoms with Gasteiger partial charge >= 0.3 is 0 Å². The summed E-state index contributed by atoms with van der Waals surface area (Å²) in [5.74, 6) is 0. The molecular weight excluding hydrogens is 687 g/mol. The van der Waals surface area contributed by atoms with E-state index in [9.17, 15) is 0 Å². The highest BCUT2D eigenvalue weighted by Gasteiger charge is 2.17. The van der Waals surface area contributed by atoms with Crippen LogP contribution in [0, 0.1) is 0 Å². The largest absolute Gasteiger partial charge is 0.309 e. The van der Waals surface area contributed by atoms with Gasteiger partial charge in [0.25, 0.3) is 0 Å². The molecule has 0 unspecified atom stereocenters. The Kier molecular flexibility index (Phi) is 6.50. The quantitative estimate of drug-likeness (QED) is 0.166. The summed E-state index contributed by atoms with van der Waals surface area (Å²) in [6, 6.07) is 68.4. The standard InChI is InChI=1S/C51H31N3S/c1-3-11-39-32(9-1)17-18-34-22-27-44(52-51(34)39)33-19-24-38(25-20-33)53-45-14-6-5-13-41(45)43-29-35(23-28-47(43)53)36-21-26-42-40-12-4-7-15-46(40)54(48(42)30-36)50-31-37-10-2-8-16-49(37)55-50/h1-31H. The summed E-state index contributed by atoms with van der Waals surface area (Å²) in [7, 11) is 0. The Morgan fingerprint density at radius 2 is 0.964 bits per heavy atom. The average Bonchev–Trinajstić information content (AvgIpc) is 3.93. The van der Waals surface area contributed by atoms with Gasteiger partial charge in [-0.2, -0.15) is 0 Å². The monoisotopic (exact) mass is 717 g/mol. The lowest BCUT2D eigenvalue weighted by atomic mass is 10.0. The van der Waals surface area contributed by atoms with Crippen LogP contribution in [-0.2, 0) is 0 Å². The second kappa shape index (κ2) is 11.7. The number of rotatable bonds is 4. The second-order valence-electron chi connectivity index (χ2n) is 14.4. The Labute approximate surface area is 320 Å². The first-order valence-corrected chi connectivity index (χ1v) is 19.5. The van der Waals surface area contributed by atoms with Crippen molar-refractivity contribution in [3.8, 4) is 33.1 Å². The van der Waals surface area contributed by atoms with Crippen molar-refractivity contribution in [2.75, 3.05) is 0 Å². The van der Waals surface area contributed by atoms with E-state index in [1.165, 1.54) is 80.6 Å². The van der Waals surface area contributed by atoms with Gasteiger partial charge in [0.15, 0.2) is 0 Å². The van der Waals surface area contributed by atoms with E-state index in [-0.39, 0.29) is 0 Å². The van der Waals surface area contributed by atoms with Gasteiger partial charge in [0.05, 0.1) is 33.3 Å². The van der Waals surface area contributed by atoms with Crippen molar-refractivity contribution in [3.63, 3.8) is 0 Å². The Balaban J connectivity index is 0.976. The minimum atomic E-state index is 0.977. The minimum Gasteiger partial charge on any atom is -0.309 e. The summed E-state index contributed by atoms with van der Waals surface area (Å²) >= 11 is 1.85. The highest BCUT2D eigenvalue weighted by molar-refractivity contribution is 7.21. The zero-order valence-electron chi connectivity index (χ0n) is 29.6. The molecule has 0 bridgehead atoms. The Bertz CT molecular complexity index is 3460. The van der Waals surface area contributed by atoms with Crippen LogP contribution in [0.2, 0.25) is 0 Å². The summed E-state index contributed by atoms with van der Waals surface area (Å²) in [5.41, 5.74) is 11.5. The van der Waals surface area contributed by atoms with Crippen LogP contribution in [0.1, 0.15) is 0 Å². The summed E-state index contributed by atoms with van der Waals surface area (Å²) in [6.45, 7) is 0. The summed E-state index contributed by atoms with van der Waals surface area (Å²) in [4.78, 5) is 5.16. The topological polar surface area (TPSA) is 22.8 Å². The van der Waals surface area contributed by atoms with E-state index in [2.05, 4.69) is 197 Å². The van der Waals surface area contributed by atoms with Gasteiger partial charge in [-0.15, -0.1) is 11.3 Å². The zero-order chi connectivity index (χ0) is 36.0. The minimum absolute atomic E-state index is 0.977. The highest BCUT2D eigenvalue weighted by Crippen LogP contribution is 2.40. The number of hydrogen-bond donors (Lipinski definition) is 0. The molecule has 0 N–H and O–H groups in total. The van der Waals surface area contributed by atoms with E-state index < -0.39 is 0 Å². The first-order valence-electron chi connectivity index (χ1n) is 18.7. The number of hydrogen-bond acceptors (Lipinski definition) is 2. The number of para-hydroxylation sites is 2. The van der Waals surface area contributed by atoms with Crippen molar-refractivity contribution in [2.24, 2.45) is 0 Å². The molecule has 0 fully saturated rings. The van der Waals surface area contributed by atoms with Crippen molar-refractivity contribution in [1.29, 1.82) is 0 Å². The molecule has 4 heteroatoms. The number of benzene rings is 8. The SMILES string of the molecule is c1ccc2sc(-n3c4ccccc4c4ccc(-c5ccc6c(c5)c5ccccc5n6-c5ccc(-c6ccc7ccc8ccccc8c7n6)cc5)cc43)cc2c1. The zero-order valence-corrected chi connectivity index (χ0v) is 30.5. The number of pyridine rings is 1. The van der Waals surface area contributed by atoms with Gasteiger partial charge in [-0.25, -0.2) is 4.98 Å². The third-order valence-electron chi connectivity index (χ3n) is 11.3. The lowest BCUT2D eigenvalue weighted by Gasteiger charge is -2.11. The van der Waals surface area contributed by atoms with Gasteiger partial charge in [0, 0.05) is 48.3 Å². The molecule has 0 atom stereocenters. The van der Waals surface area contributed by atoms with Gasteiger partial charge < -0.3 is 9.13 Å². The van der Waals surface area contributed by atoms with Crippen LogP contribution >= 0.6 is 11.3 Å². The molecule has 0 aliphatic rings. The molecule has 12 aromatic rings. The molecule has 0 saturated heterocycles. The van der Waals surface area contributed by atoms with Crippen molar-refractivity contribution in [2.45, 2.75) is 0 Å². The smallest absolute Gasteiger partial charge is 0.101 e. The van der Waals surface area contributed by atoms with Crippen molar-refractivity contribution >= 4 is 86.7 Å². The van der Waals surface area contributed by atoms with Gasteiger partial charge in [0.2, 0.25) is 0 Å². The maximum absolute atomic E-state index is 5.16. The van der Waals surface area contributed by atoms with E-state index in [0.717, 1.165) is 27.8 Å². The first-order chi connectivity index (χ1) is 27.2. The summed E-state index contributed by atoms with van der Waals surface area (Å²) in [5, 5.41) is 11.1. The van der Waals surface area contributed by atoms with Crippen LogP contribution in [0.3, 0.4) is 0 Å². The molecule has 4 aromatic heterocycles. The van der Waals surface area contributed by atoms with Crippen molar-refractivity contribution in [1.82, 2.24) is 14.1 Å². The van der Waals surface area contributed by atoms with E-state index in [0.29, 0.717) is 0 Å². The Hall–Kier alpha value is -7.01. The number of aromatic nitrogens is 3. The molecule has 256 valence electrons. The molecule has 0 saturated carbocycles. The van der Waals surface area contributed by atoms with E-state index in [4.69, 9.17) is 4.98 Å². The Morgan fingerprint density at radius 3 is 1.80 bits per heavy atom. The third kappa shape index (κ3) is 4.65. The van der Waals surface area contributed by atoms with Crippen LogP contribution < -0.4 is 0 Å². The fraction of sp³-hybridized carbons (Fsp3) is 0. The first kappa shape index (κ1) is 30.5. The summed E-state index contributed by atoms with van der Waals surface area (Å²) < 4.78 is 6.14. The molecule has 0 aliphatic carbocycles. The molecule has 55 heavy (non-hydrogen) atoms. The molecule has 0 spiro atoms. The average molecular weight is 718 g/mol. The van der Waals surface area contributed by atoms with Gasteiger partial charge in [-0.05, 0) is 82.6 Å². The molecule has 12 rings (SSSR count). The van der Waals surface area contributed by atoms with Crippen LogP contribution in [0.15, 0.2) is 188 Å². The van der Waals surface area contributed by atoms with Crippen LogP contribution in [0.25, 0.3) is 108 Å². The molecule has 0 radical (unpaired) electrons. The predicted molar refractivity (Wildman–Crippen MR) is 234 cm³/mol. The number of thiophene rings is 1. The van der Waals surface area contributed by atoms with E-state index >= 15 is 0 Å². The van der Waals surface area contributed by atoms with Gasteiger partial charge in [-0.1, -0.05) is 127 Å². The second-order valence-corrected chi connectivity index (χ2v) is 15.5. The maximum atomic E-state index is 5.16. The fourth-order valence-electron chi connectivity index (χ4n) is 8.70. The predicted octanol–water partition coefficient (Wildman–Crippen LogP) is 14.1. The third-order valence-corrected chi connectivity index (χ3v) is 12.4. The van der Waals surface area contributed by atoms with Gasteiger partial charge in [0.1, 0.15) is 5.00 Å². The normalized spacial score (nSPS) is 12.0. The molecule has 4 heterocycles. The summed E-state index contributed by atoms with van der Waals surface area (Å²) in [6.07, 6.45) is 0. The molecule has 0 aliphatic heterocycles. The van der Waals surface area contributed by atoms with Crippen LogP contribution in [-0.4, -0.2) is 14.1 Å². The van der Waals surface area contributed by atoms with Crippen LogP contribution in [0.5, 0.6) is 0 Å². The number of nitrogens with zero attached hydrogens (tertiary/aromatic N) is 3. The molecule has 8 aromatic carbocycles. The highest BCUT2D eigenvalue weighted by atomic mass is 32.1.